The molecule has 0 saturated carbocycles. The maximum Gasteiger partial charge on any atom is 0.215 e. The van der Waals surface area contributed by atoms with Crippen molar-refractivity contribution in [2.45, 2.75) is 33.1 Å². The van der Waals surface area contributed by atoms with Crippen LogP contribution in [0.3, 0.4) is 0 Å². The van der Waals surface area contributed by atoms with Crippen molar-refractivity contribution in [1.82, 2.24) is 9.62 Å². The van der Waals surface area contributed by atoms with Gasteiger partial charge in [0.1, 0.15) is 0 Å². The van der Waals surface area contributed by atoms with E-state index in [1.165, 1.54) is 0 Å². The molecule has 0 radical (unpaired) electrons. The SMILES string of the molecule is CCCNCCS(=O)(=O)N1CCCC(C)C1. The number of nitrogens with zero attached hydrogens (tertiary/aromatic N) is 1. The smallest absolute Gasteiger partial charge is 0.215 e. The van der Waals surface area contributed by atoms with Crippen molar-refractivity contribution < 1.29 is 8.42 Å². The third-order valence-corrected chi connectivity index (χ3v) is 4.82. The summed E-state index contributed by atoms with van der Waals surface area (Å²) < 4.78 is 25.6. The predicted octanol–water partition coefficient (Wildman–Crippen LogP) is 1.05. The summed E-state index contributed by atoms with van der Waals surface area (Å²) in [6.07, 6.45) is 3.20. The van der Waals surface area contributed by atoms with Crippen LogP contribution in [0.4, 0.5) is 0 Å². The summed E-state index contributed by atoms with van der Waals surface area (Å²) in [7, 11) is -3.03. The molecule has 1 rings (SSSR count). The number of sulfonamides is 1. The first-order chi connectivity index (χ1) is 7.56. The molecule has 1 N–H and O–H groups in total. The van der Waals surface area contributed by atoms with Crippen LogP contribution in [0.15, 0.2) is 0 Å². The molecule has 0 bridgehead atoms. The molecule has 0 aliphatic carbocycles. The van der Waals surface area contributed by atoms with E-state index in [2.05, 4.69) is 19.2 Å². The largest absolute Gasteiger partial charge is 0.316 e. The van der Waals surface area contributed by atoms with Crippen LogP contribution in [0.1, 0.15) is 33.1 Å². The lowest BCUT2D eigenvalue weighted by Gasteiger charge is -2.30. The molecule has 1 aliphatic rings. The summed E-state index contributed by atoms with van der Waals surface area (Å²) in [5.41, 5.74) is 0. The van der Waals surface area contributed by atoms with Crippen molar-refractivity contribution in [2.75, 3.05) is 31.9 Å². The average Bonchev–Trinajstić information content (AvgIpc) is 2.24. The quantitative estimate of drug-likeness (QED) is 0.715. The van der Waals surface area contributed by atoms with Gasteiger partial charge in [-0.2, -0.15) is 0 Å². The van der Waals surface area contributed by atoms with Gasteiger partial charge in [0.05, 0.1) is 5.75 Å². The Morgan fingerprint density at radius 3 is 2.75 bits per heavy atom. The molecule has 0 spiro atoms. The molecular formula is C11H24N2O2S. The van der Waals surface area contributed by atoms with Gasteiger partial charge < -0.3 is 5.32 Å². The molecule has 0 aromatic rings. The fourth-order valence-corrected chi connectivity index (χ4v) is 3.58. The zero-order chi connectivity index (χ0) is 12.0. The van der Waals surface area contributed by atoms with Gasteiger partial charge in [-0.05, 0) is 31.7 Å². The molecule has 1 heterocycles. The van der Waals surface area contributed by atoms with E-state index in [0.717, 1.165) is 25.8 Å². The molecule has 0 amide bonds. The monoisotopic (exact) mass is 248 g/mol. The summed E-state index contributed by atoms with van der Waals surface area (Å²) in [4.78, 5) is 0. The Morgan fingerprint density at radius 1 is 1.38 bits per heavy atom. The van der Waals surface area contributed by atoms with Gasteiger partial charge in [-0.15, -0.1) is 0 Å². The highest BCUT2D eigenvalue weighted by Gasteiger charge is 2.26. The minimum Gasteiger partial charge on any atom is -0.316 e. The van der Waals surface area contributed by atoms with Crippen LogP contribution in [0, 0.1) is 5.92 Å². The lowest BCUT2D eigenvalue weighted by Crippen LogP contribution is -2.42. The van der Waals surface area contributed by atoms with Gasteiger partial charge in [0, 0.05) is 19.6 Å². The summed E-state index contributed by atoms with van der Waals surface area (Å²) in [6.45, 7) is 7.08. The molecule has 1 atom stereocenters. The standard InChI is InChI=1S/C11H24N2O2S/c1-3-6-12-7-9-16(14,15)13-8-4-5-11(2)10-13/h11-12H,3-10H2,1-2H3. The second kappa shape index (κ2) is 6.57. The van der Waals surface area contributed by atoms with Crippen molar-refractivity contribution >= 4 is 10.0 Å². The number of nitrogens with one attached hydrogen (secondary N) is 1. The van der Waals surface area contributed by atoms with Gasteiger partial charge in [-0.3, -0.25) is 0 Å². The second-order valence-corrected chi connectivity index (χ2v) is 6.76. The van der Waals surface area contributed by atoms with Crippen LogP contribution in [0.25, 0.3) is 0 Å². The number of hydrogen-bond acceptors (Lipinski definition) is 3. The third-order valence-electron chi connectivity index (χ3n) is 2.98. The van der Waals surface area contributed by atoms with Gasteiger partial charge in [-0.1, -0.05) is 13.8 Å². The van der Waals surface area contributed by atoms with E-state index in [1.807, 2.05) is 0 Å². The molecule has 16 heavy (non-hydrogen) atoms. The molecule has 0 aromatic heterocycles. The molecule has 5 heteroatoms. The summed E-state index contributed by atoms with van der Waals surface area (Å²) in [6, 6.07) is 0. The highest BCUT2D eigenvalue weighted by molar-refractivity contribution is 7.89. The van der Waals surface area contributed by atoms with Gasteiger partial charge in [0.2, 0.25) is 10.0 Å². The van der Waals surface area contributed by atoms with Gasteiger partial charge in [0.15, 0.2) is 0 Å². The van der Waals surface area contributed by atoms with Crippen molar-refractivity contribution in [1.29, 1.82) is 0 Å². The highest BCUT2D eigenvalue weighted by Crippen LogP contribution is 2.18. The van der Waals surface area contributed by atoms with Gasteiger partial charge in [-0.25, -0.2) is 12.7 Å². The lowest BCUT2D eigenvalue weighted by molar-refractivity contribution is 0.281. The highest BCUT2D eigenvalue weighted by atomic mass is 32.2. The summed E-state index contributed by atoms with van der Waals surface area (Å²) in [5.74, 6) is 0.742. The molecule has 1 aliphatic heterocycles. The van der Waals surface area contributed by atoms with Gasteiger partial charge >= 0.3 is 0 Å². The van der Waals surface area contributed by atoms with Crippen molar-refractivity contribution in [2.24, 2.45) is 5.92 Å². The minimum absolute atomic E-state index is 0.236. The van der Waals surface area contributed by atoms with E-state index >= 15 is 0 Å². The zero-order valence-electron chi connectivity index (χ0n) is 10.4. The Morgan fingerprint density at radius 2 is 2.12 bits per heavy atom. The van der Waals surface area contributed by atoms with Crippen molar-refractivity contribution in [3.63, 3.8) is 0 Å². The Balaban J connectivity index is 2.37. The minimum atomic E-state index is -3.03. The van der Waals surface area contributed by atoms with E-state index in [1.54, 1.807) is 4.31 Å². The molecular weight excluding hydrogens is 224 g/mol. The Bertz CT molecular complexity index is 290. The zero-order valence-corrected chi connectivity index (χ0v) is 11.2. The number of hydrogen-bond donors (Lipinski definition) is 1. The van der Waals surface area contributed by atoms with Crippen LogP contribution < -0.4 is 5.32 Å². The predicted molar refractivity (Wildman–Crippen MR) is 66.9 cm³/mol. The second-order valence-electron chi connectivity index (χ2n) is 4.67. The lowest BCUT2D eigenvalue weighted by atomic mass is 10.0. The molecule has 0 aromatic carbocycles. The first-order valence-corrected chi connectivity index (χ1v) is 7.85. The fraction of sp³-hybridized carbons (Fsp3) is 1.00. The average molecular weight is 248 g/mol. The molecule has 1 fully saturated rings. The van der Waals surface area contributed by atoms with Crippen molar-refractivity contribution in [3.05, 3.63) is 0 Å². The van der Waals surface area contributed by atoms with Gasteiger partial charge in [0.25, 0.3) is 0 Å². The number of piperidine rings is 1. The van der Waals surface area contributed by atoms with Crippen molar-refractivity contribution in [3.8, 4) is 0 Å². The first-order valence-electron chi connectivity index (χ1n) is 6.25. The van der Waals surface area contributed by atoms with E-state index in [9.17, 15) is 8.42 Å². The van der Waals surface area contributed by atoms with Crippen LogP contribution >= 0.6 is 0 Å². The number of rotatable bonds is 6. The molecule has 1 saturated heterocycles. The Kier molecular flexibility index (Phi) is 5.72. The maximum absolute atomic E-state index is 12.0. The Hall–Kier alpha value is -0.130. The summed E-state index contributed by atoms with van der Waals surface area (Å²) in [5, 5.41) is 3.14. The van der Waals surface area contributed by atoms with E-state index in [-0.39, 0.29) is 5.75 Å². The molecule has 4 nitrogen and oxygen atoms in total. The van der Waals surface area contributed by atoms with E-state index < -0.39 is 10.0 Å². The van der Waals surface area contributed by atoms with Crippen LogP contribution in [-0.2, 0) is 10.0 Å². The molecule has 1 unspecified atom stereocenters. The Labute approximate surface area is 99.5 Å². The maximum atomic E-state index is 12.0. The molecule has 96 valence electrons. The first kappa shape index (κ1) is 13.9. The van der Waals surface area contributed by atoms with E-state index in [4.69, 9.17) is 0 Å². The topological polar surface area (TPSA) is 49.4 Å². The summed E-state index contributed by atoms with van der Waals surface area (Å²) >= 11 is 0. The fourth-order valence-electron chi connectivity index (χ4n) is 2.03. The van der Waals surface area contributed by atoms with E-state index in [0.29, 0.717) is 25.6 Å². The normalized spacial score (nSPS) is 23.5. The van der Waals surface area contributed by atoms with Crippen LogP contribution in [0.5, 0.6) is 0 Å². The van der Waals surface area contributed by atoms with Crippen LogP contribution in [0.2, 0.25) is 0 Å². The van der Waals surface area contributed by atoms with Crippen LogP contribution in [-0.4, -0.2) is 44.7 Å². The third kappa shape index (κ3) is 4.39.